The summed E-state index contributed by atoms with van der Waals surface area (Å²) in [6.45, 7) is 4.19. The summed E-state index contributed by atoms with van der Waals surface area (Å²) in [7, 11) is 0. The van der Waals surface area contributed by atoms with Crippen LogP contribution in [0.4, 0.5) is 4.79 Å². The highest BCUT2D eigenvalue weighted by molar-refractivity contribution is 5.95. The van der Waals surface area contributed by atoms with Gasteiger partial charge in [0.1, 0.15) is 0 Å². The molecule has 22 heavy (non-hydrogen) atoms. The second kappa shape index (κ2) is 9.38. The number of carbonyl (C=O) groups excluding carboxylic acids is 3. The zero-order valence-electron chi connectivity index (χ0n) is 12.7. The molecule has 0 aliphatic rings. The highest BCUT2D eigenvalue weighted by atomic mass is 16.5. The van der Waals surface area contributed by atoms with E-state index in [9.17, 15) is 14.4 Å². The Bertz CT molecular complexity index is 505. The van der Waals surface area contributed by atoms with Gasteiger partial charge in [0.25, 0.3) is 5.91 Å². The molecule has 1 aromatic rings. The second-order valence-corrected chi connectivity index (χ2v) is 4.77. The van der Waals surface area contributed by atoms with E-state index in [2.05, 4.69) is 16.2 Å². The Labute approximate surface area is 129 Å². The van der Waals surface area contributed by atoms with Gasteiger partial charge in [0.05, 0.1) is 6.61 Å². The Balaban J connectivity index is 2.23. The predicted molar refractivity (Wildman–Crippen MR) is 80.9 cm³/mol. The van der Waals surface area contributed by atoms with Crippen molar-refractivity contribution in [3.63, 3.8) is 0 Å². The van der Waals surface area contributed by atoms with E-state index in [1.165, 1.54) is 0 Å². The molecule has 3 amide bonds. The fourth-order valence-electron chi connectivity index (χ4n) is 1.66. The van der Waals surface area contributed by atoms with Gasteiger partial charge in [-0.05, 0) is 25.0 Å². The van der Waals surface area contributed by atoms with Crippen molar-refractivity contribution in [1.82, 2.24) is 16.2 Å². The predicted octanol–water partition coefficient (Wildman–Crippen LogP) is 1.22. The molecule has 0 bridgehead atoms. The van der Waals surface area contributed by atoms with E-state index in [1.807, 2.05) is 6.92 Å². The SMILES string of the molecule is CCOC(=O)CC(C)CNC(=O)NNC(=O)c1ccccc1. The number of benzene rings is 1. The van der Waals surface area contributed by atoms with Gasteiger partial charge in [-0.1, -0.05) is 25.1 Å². The fraction of sp³-hybridized carbons (Fsp3) is 0.400. The smallest absolute Gasteiger partial charge is 0.333 e. The Morgan fingerprint density at radius 2 is 1.82 bits per heavy atom. The third-order valence-corrected chi connectivity index (χ3v) is 2.76. The number of carbonyl (C=O) groups is 3. The second-order valence-electron chi connectivity index (χ2n) is 4.77. The summed E-state index contributed by atoms with van der Waals surface area (Å²) < 4.78 is 4.82. The molecule has 7 nitrogen and oxygen atoms in total. The molecule has 0 saturated carbocycles. The Kier molecular flexibility index (Phi) is 7.45. The van der Waals surface area contributed by atoms with Crippen LogP contribution in [0, 0.1) is 5.92 Å². The van der Waals surface area contributed by atoms with Crippen molar-refractivity contribution in [3.05, 3.63) is 35.9 Å². The van der Waals surface area contributed by atoms with Crippen molar-refractivity contribution >= 4 is 17.9 Å². The van der Waals surface area contributed by atoms with Gasteiger partial charge < -0.3 is 10.1 Å². The molecule has 3 N–H and O–H groups in total. The van der Waals surface area contributed by atoms with E-state index < -0.39 is 11.9 Å². The van der Waals surface area contributed by atoms with Gasteiger partial charge in [0.15, 0.2) is 0 Å². The van der Waals surface area contributed by atoms with Gasteiger partial charge in [-0.25, -0.2) is 10.2 Å². The maximum absolute atomic E-state index is 11.7. The minimum Gasteiger partial charge on any atom is -0.466 e. The summed E-state index contributed by atoms with van der Waals surface area (Å²) in [6.07, 6.45) is 0.227. The van der Waals surface area contributed by atoms with Crippen LogP contribution in [-0.2, 0) is 9.53 Å². The molecule has 1 aromatic carbocycles. The Morgan fingerprint density at radius 3 is 2.45 bits per heavy atom. The van der Waals surface area contributed by atoms with Crippen LogP contribution in [0.1, 0.15) is 30.6 Å². The van der Waals surface area contributed by atoms with Crippen LogP contribution < -0.4 is 16.2 Å². The number of hydrogen-bond donors (Lipinski definition) is 3. The summed E-state index contributed by atoms with van der Waals surface area (Å²) in [5.41, 5.74) is 4.98. The van der Waals surface area contributed by atoms with E-state index in [0.29, 0.717) is 18.7 Å². The van der Waals surface area contributed by atoms with Crippen molar-refractivity contribution in [2.75, 3.05) is 13.2 Å². The van der Waals surface area contributed by atoms with Gasteiger partial charge in [-0.2, -0.15) is 0 Å². The summed E-state index contributed by atoms with van der Waals surface area (Å²) >= 11 is 0. The van der Waals surface area contributed by atoms with Crippen molar-refractivity contribution in [2.24, 2.45) is 5.92 Å². The number of hydrazine groups is 1. The van der Waals surface area contributed by atoms with Crippen molar-refractivity contribution in [3.8, 4) is 0 Å². The minimum absolute atomic E-state index is 0.0605. The quantitative estimate of drug-likeness (QED) is 0.544. The molecule has 0 heterocycles. The number of ether oxygens (including phenoxy) is 1. The van der Waals surface area contributed by atoms with Crippen molar-refractivity contribution < 1.29 is 19.1 Å². The molecule has 120 valence electrons. The average Bonchev–Trinajstić information content (AvgIpc) is 2.51. The number of amides is 3. The van der Waals surface area contributed by atoms with E-state index in [4.69, 9.17) is 4.74 Å². The summed E-state index contributed by atoms with van der Waals surface area (Å²) in [5.74, 6) is -0.764. The molecule has 0 fully saturated rings. The van der Waals surface area contributed by atoms with Gasteiger partial charge in [-0.3, -0.25) is 15.0 Å². The van der Waals surface area contributed by atoms with Crippen LogP contribution in [0.2, 0.25) is 0 Å². The first kappa shape index (κ1) is 17.5. The molecule has 0 aromatic heterocycles. The Hall–Kier alpha value is -2.57. The first-order chi connectivity index (χ1) is 10.5. The lowest BCUT2D eigenvalue weighted by Gasteiger charge is -2.13. The third-order valence-electron chi connectivity index (χ3n) is 2.76. The monoisotopic (exact) mass is 307 g/mol. The van der Waals surface area contributed by atoms with Crippen molar-refractivity contribution in [1.29, 1.82) is 0 Å². The first-order valence-electron chi connectivity index (χ1n) is 7.07. The van der Waals surface area contributed by atoms with Crippen LogP contribution >= 0.6 is 0 Å². The van der Waals surface area contributed by atoms with Crippen LogP contribution in [0.25, 0.3) is 0 Å². The lowest BCUT2D eigenvalue weighted by atomic mass is 10.1. The lowest BCUT2D eigenvalue weighted by Crippen LogP contribution is -2.47. The number of urea groups is 1. The normalized spacial score (nSPS) is 11.2. The summed E-state index contributed by atoms with van der Waals surface area (Å²) in [5, 5.41) is 2.56. The van der Waals surface area contributed by atoms with Crippen LogP contribution in [0.5, 0.6) is 0 Å². The number of hydrogen-bond acceptors (Lipinski definition) is 4. The maximum Gasteiger partial charge on any atom is 0.333 e. The van der Waals surface area contributed by atoms with E-state index in [0.717, 1.165) is 0 Å². The van der Waals surface area contributed by atoms with Crippen molar-refractivity contribution in [2.45, 2.75) is 20.3 Å². The molecular weight excluding hydrogens is 286 g/mol. The summed E-state index contributed by atoms with van der Waals surface area (Å²) in [6, 6.07) is 7.98. The highest BCUT2D eigenvalue weighted by Crippen LogP contribution is 2.01. The molecule has 1 rings (SSSR count). The minimum atomic E-state index is -0.542. The molecule has 0 aliphatic heterocycles. The van der Waals surface area contributed by atoms with Gasteiger partial charge in [0.2, 0.25) is 0 Å². The highest BCUT2D eigenvalue weighted by Gasteiger charge is 2.11. The van der Waals surface area contributed by atoms with E-state index in [1.54, 1.807) is 37.3 Å². The topological polar surface area (TPSA) is 96.5 Å². The number of rotatable bonds is 6. The average molecular weight is 307 g/mol. The van der Waals surface area contributed by atoms with Gasteiger partial charge >= 0.3 is 12.0 Å². The molecule has 0 aliphatic carbocycles. The molecule has 1 atom stereocenters. The number of esters is 1. The lowest BCUT2D eigenvalue weighted by molar-refractivity contribution is -0.144. The first-order valence-corrected chi connectivity index (χ1v) is 7.07. The number of nitrogens with one attached hydrogen (secondary N) is 3. The molecule has 7 heteroatoms. The van der Waals surface area contributed by atoms with Crippen LogP contribution in [0.3, 0.4) is 0 Å². The molecular formula is C15H21N3O4. The third kappa shape index (κ3) is 6.74. The van der Waals surface area contributed by atoms with Gasteiger partial charge in [-0.15, -0.1) is 0 Å². The van der Waals surface area contributed by atoms with Crippen LogP contribution in [-0.4, -0.2) is 31.1 Å². The fourth-order valence-corrected chi connectivity index (χ4v) is 1.66. The maximum atomic E-state index is 11.7. The molecule has 0 spiro atoms. The standard InChI is InChI=1S/C15H21N3O4/c1-3-22-13(19)9-11(2)10-16-15(21)18-17-14(20)12-7-5-4-6-8-12/h4-8,11H,3,9-10H2,1-2H3,(H,17,20)(H2,16,18,21). The Morgan fingerprint density at radius 1 is 1.14 bits per heavy atom. The van der Waals surface area contributed by atoms with E-state index in [-0.39, 0.29) is 18.3 Å². The summed E-state index contributed by atoms with van der Waals surface area (Å²) in [4.78, 5) is 34.5. The molecule has 1 unspecified atom stereocenters. The zero-order valence-corrected chi connectivity index (χ0v) is 12.7. The molecule has 0 saturated heterocycles. The van der Waals surface area contributed by atoms with Crippen LogP contribution in [0.15, 0.2) is 30.3 Å². The zero-order chi connectivity index (χ0) is 16.4. The molecule has 0 radical (unpaired) electrons. The largest absolute Gasteiger partial charge is 0.466 e. The van der Waals surface area contributed by atoms with Gasteiger partial charge in [0, 0.05) is 18.5 Å². The van der Waals surface area contributed by atoms with E-state index >= 15 is 0 Å².